The van der Waals surface area contributed by atoms with Gasteiger partial charge in [0.15, 0.2) is 0 Å². The predicted octanol–water partition coefficient (Wildman–Crippen LogP) is 3.85. The number of fused-ring (bicyclic) bond motifs is 1. The quantitative estimate of drug-likeness (QED) is 0.567. The van der Waals surface area contributed by atoms with Crippen LogP contribution in [0.2, 0.25) is 0 Å². The number of esters is 1. The van der Waals surface area contributed by atoms with Crippen LogP contribution in [0.25, 0.3) is 0 Å². The molecule has 0 atom stereocenters. The molecule has 0 unspecified atom stereocenters. The van der Waals surface area contributed by atoms with Crippen LogP contribution in [-0.2, 0) is 21.2 Å². The fourth-order valence-corrected chi connectivity index (χ4v) is 5.10. The minimum absolute atomic E-state index is 0.0228. The third-order valence-corrected chi connectivity index (χ3v) is 6.92. The number of nitrogens with zero attached hydrogens (tertiary/aromatic N) is 1. The van der Waals surface area contributed by atoms with E-state index in [1.807, 2.05) is 24.3 Å². The summed E-state index contributed by atoms with van der Waals surface area (Å²) in [7, 11) is -3.76. The first-order chi connectivity index (χ1) is 15.4. The van der Waals surface area contributed by atoms with E-state index in [0.717, 1.165) is 18.4 Å². The number of carbonyl (C=O) groups is 2. The fraction of sp³-hybridized carbons (Fsp3) is 0.217. The first-order valence-corrected chi connectivity index (χ1v) is 11.6. The molecule has 0 bridgehead atoms. The number of anilines is 2. The monoisotopic (exact) mass is 454 g/mol. The molecule has 0 aliphatic carbocycles. The van der Waals surface area contributed by atoms with Gasteiger partial charge in [-0.3, -0.25) is 14.4 Å². The molecule has 8 nitrogen and oxygen atoms in total. The Morgan fingerprint density at radius 1 is 1.06 bits per heavy atom. The Balaban J connectivity index is 1.50. The summed E-state index contributed by atoms with van der Waals surface area (Å²) in [6, 6.07) is 16.0. The molecule has 0 spiro atoms. The van der Waals surface area contributed by atoms with Gasteiger partial charge in [-0.25, -0.2) is 13.2 Å². The standard InChI is InChI=1S/C23H22N2O6S/c1-2-30-23(27)20-13-14-21(31-20)24-22(26)17-9-11-18(12-10-17)32(28,29)25-15-5-7-16-6-3-4-8-19(16)25/h3-4,6,8-14H,2,5,7,15H2,1H3,(H,24,26). The van der Waals surface area contributed by atoms with Crippen LogP contribution in [0.1, 0.15) is 39.8 Å². The van der Waals surface area contributed by atoms with Gasteiger partial charge < -0.3 is 9.15 Å². The molecular weight excluding hydrogens is 432 g/mol. The number of furan rings is 1. The molecule has 9 heteroatoms. The predicted molar refractivity (Wildman–Crippen MR) is 118 cm³/mol. The van der Waals surface area contributed by atoms with Gasteiger partial charge in [-0.2, -0.15) is 0 Å². The molecule has 1 amide bonds. The highest BCUT2D eigenvalue weighted by Crippen LogP contribution is 2.31. The van der Waals surface area contributed by atoms with Crippen molar-refractivity contribution >= 4 is 33.5 Å². The largest absolute Gasteiger partial charge is 0.460 e. The molecule has 0 radical (unpaired) electrons. The Labute approximate surface area is 185 Å². The summed E-state index contributed by atoms with van der Waals surface area (Å²) in [5.41, 5.74) is 1.94. The molecule has 4 rings (SSSR count). The number of benzene rings is 2. The summed E-state index contributed by atoms with van der Waals surface area (Å²) in [6.45, 7) is 2.29. The van der Waals surface area contributed by atoms with Crippen molar-refractivity contribution in [3.05, 3.63) is 77.6 Å². The molecule has 2 aromatic carbocycles. The van der Waals surface area contributed by atoms with Crippen LogP contribution >= 0.6 is 0 Å². The second-order valence-electron chi connectivity index (χ2n) is 7.17. The average molecular weight is 455 g/mol. The lowest BCUT2D eigenvalue weighted by molar-refractivity contribution is 0.0490. The lowest BCUT2D eigenvalue weighted by atomic mass is 10.0. The lowest BCUT2D eigenvalue weighted by Crippen LogP contribution is -2.35. The van der Waals surface area contributed by atoms with Gasteiger partial charge in [0.2, 0.25) is 11.6 Å². The third-order valence-electron chi connectivity index (χ3n) is 5.09. The molecule has 1 aromatic heterocycles. The van der Waals surface area contributed by atoms with E-state index in [2.05, 4.69) is 5.32 Å². The zero-order valence-corrected chi connectivity index (χ0v) is 18.2. The molecular formula is C23H22N2O6S. The van der Waals surface area contributed by atoms with Gasteiger partial charge in [0.25, 0.3) is 15.9 Å². The number of rotatable bonds is 6. The van der Waals surface area contributed by atoms with Gasteiger partial charge in [0, 0.05) is 18.2 Å². The van der Waals surface area contributed by atoms with E-state index in [-0.39, 0.29) is 28.7 Å². The summed E-state index contributed by atoms with van der Waals surface area (Å²) in [5, 5.41) is 2.54. The Hall–Kier alpha value is -3.59. The minimum atomic E-state index is -3.76. The number of sulfonamides is 1. The second-order valence-corrected chi connectivity index (χ2v) is 9.03. The maximum atomic E-state index is 13.2. The van der Waals surface area contributed by atoms with Gasteiger partial charge >= 0.3 is 5.97 Å². The number of hydrogen-bond donors (Lipinski definition) is 1. The number of amides is 1. The number of aryl methyl sites for hydroxylation is 1. The van der Waals surface area contributed by atoms with Crippen LogP contribution < -0.4 is 9.62 Å². The van der Waals surface area contributed by atoms with Crippen LogP contribution in [-0.4, -0.2) is 33.4 Å². The maximum absolute atomic E-state index is 13.2. The Bertz CT molecular complexity index is 1250. The van der Waals surface area contributed by atoms with Crippen molar-refractivity contribution < 1.29 is 27.2 Å². The first kappa shape index (κ1) is 21.6. The van der Waals surface area contributed by atoms with E-state index in [1.165, 1.54) is 40.7 Å². The number of hydrogen-bond acceptors (Lipinski definition) is 6. The molecule has 0 fully saturated rings. The first-order valence-electron chi connectivity index (χ1n) is 10.2. The zero-order valence-electron chi connectivity index (χ0n) is 17.4. The lowest BCUT2D eigenvalue weighted by Gasteiger charge is -2.30. The highest BCUT2D eigenvalue weighted by molar-refractivity contribution is 7.92. The van der Waals surface area contributed by atoms with Crippen LogP contribution in [0, 0.1) is 0 Å². The van der Waals surface area contributed by atoms with Crippen molar-refractivity contribution in [2.45, 2.75) is 24.7 Å². The van der Waals surface area contributed by atoms with Crippen molar-refractivity contribution in [1.82, 2.24) is 0 Å². The van der Waals surface area contributed by atoms with Crippen LogP contribution in [0.5, 0.6) is 0 Å². The number of nitrogens with one attached hydrogen (secondary N) is 1. The highest BCUT2D eigenvalue weighted by Gasteiger charge is 2.29. The summed E-state index contributed by atoms with van der Waals surface area (Å²) in [5.74, 6) is -1.06. The van der Waals surface area contributed by atoms with Crippen molar-refractivity contribution in [2.75, 3.05) is 22.8 Å². The summed E-state index contributed by atoms with van der Waals surface area (Å²) in [4.78, 5) is 24.3. The third kappa shape index (κ3) is 4.24. The normalized spacial score (nSPS) is 13.3. The maximum Gasteiger partial charge on any atom is 0.374 e. The van der Waals surface area contributed by atoms with Crippen molar-refractivity contribution in [3.63, 3.8) is 0 Å². The molecule has 0 saturated carbocycles. The zero-order chi connectivity index (χ0) is 22.7. The van der Waals surface area contributed by atoms with Crippen molar-refractivity contribution in [3.8, 4) is 0 Å². The van der Waals surface area contributed by atoms with Gasteiger partial charge in [-0.15, -0.1) is 0 Å². The van der Waals surface area contributed by atoms with Gasteiger partial charge in [-0.05, 0) is 61.7 Å². The number of para-hydroxylation sites is 1. The molecule has 3 aromatic rings. The van der Waals surface area contributed by atoms with E-state index in [0.29, 0.717) is 12.2 Å². The SMILES string of the molecule is CCOC(=O)c1ccc(NC(=O)c2ccc(S(=O)(=O)N3CCCc4ccccc43)cc2)o1. The number of carbonyl (C=O) groups excluding carboxylic acids is 2. The second kappa shape index (κ2) is 8.88. The molecule has 166 valence electrons. The van der Waals surface area contributed by atoms with Crippen molar-refractivity contribution in [2.24, 2.45) is 0 Å². The number of ether oxygens (including phenoxy) is 1. The molecule has 2 heterocycles. The van der Waals surface area contributed by atoms with Crippen LogP contribution in [0.15, 0.2) is 70.0 Å². The fourth-order valence-electron chi connectivity index (χ4n) is 3.56. The van der Waals surface area contributed by atoms with E-state index >= 15 is 0 Å². The van der Waals surface area contributed by atoms with E-state index in [1.54, 1.807) is 6.92 Å². The van der Waals surface area contributed by atoms with E-state index in [4.69, 9.17) is 9.15 Å². The van der Waals surface area contributed by atoms with Crippen molar-refractivity contribution in [1.29, 1.82) is 0 Å². The van der Waals surface area contributed by atoms with Gasteiger partial charge in [0.05, 0.1) is 17.2 Å². The van der Waals surface area contributed by atoms with E-state index in [9.17, 15) is 18.0 Å². The minimum Gasteiger partial charge on any atom is -0.460 e. The topological polar surface area (TPSA) is 106 Å². The van der Waals surface area contributed by atoms with Gasteiger partial charge in [0.1, 0.15) is 0 Å². The van der Waals surface area contributed by atoms with E-state index < -0.39 is 21.9 Å². The summed E-state index contributed by atoms with van der Waals surface area (Å²) in [6.07, 6.45) is 1.58. The Morgan fingerprint density at radius 3 is 2.56 bits per heavy atom. The average Bonchev–Trinajstić information content (AvgIpc) is 3.27. The smallest absolute Gasteiger partial charge is 0.374 e. The van der Waals surface area contributed by atoms with Gasteiger partial charge in [-0.1, -0.05) is 18.2 Å². The molecule has 32 heavy (non-hydrogen) atoms. The summed E-state index contributed by atoms with van der Waals surface area (Å²) >= 11 is 0. The Kier molecular flexibility index (Phi) is 6.00. The molecule has 1 N–H and O–H groups in total. The van der Waals surface area contributed by atoms with Crippen LogP contribution in [0.4, 0.5) is 11.6 Å². The highest BCUT2D eigenvalue weighted by atomic mass is 32.2. The molecule has 1 aliphatic rings. The molecule has 1 aliphatic heterocycles. The summed E-state index contributed by atoms with van der Waals surface area (Å²) < 4.78 is 37.9. The van der Waals surface area contributed by atoms with Crippen LogP contribution in [0.3, 0.4) is 0 Å². The molecule has 0 saturated heterocycles. The Morgan fingerprint density at radius 2 is 1.81 bits per heavy atom.